The lowest BCUT2D eigenvalue weighted by Crippen LogP contribution is -2.51. The van der Waals surface area contributed by atoms with Crippen molar-refractivity contribution in [2.24, 2.45) is 0 Å². The van der Waals surface area contributed by atoms with Crippen LogP contribution in [0.25, 0.3) is 10.8 Å². The van der Waals surface area contributed by atoms with Crippen LogP contribution in [0.2, 0.25) is 0 Å². The summed E-state index contributed by atoms with van der Waals surface area (Å²) in [7, 11) is 0. The molecule has 3 aromatic rings. The molecular weight excluding hydrogens is 515 g/mol. The quantitative estimate of drug-likeness (QED) is 0.523. The number of ether oxygens (including phenoxy) is 1. The molecule has 13 heteroatoms. The van der Waals surface area contributed by atoms with E-state index in [0.29, 0.717) is 63.0 Å². The van der Waals surface area contributed by atoms with E-state index in [9.17, 15) is 22.8 Å². The Hall–Kier alpha value is -3.74. The Morgan fingerprint density at radius 1 is 1.03 bits per heavy atom. The van der Waals surface area contributed by atoms with Gasteiger partial charge in [-0.1, -0.05) is 6.07 Å². The smallest absolute Gasteiger partial charge is 0.374 e. The van der Waals surface area contributed by atoms with E-state index in [0.717, 1.165) is 30.6 Å². The Balaban J connectivity index is 1.08. The second kappa shape index (κ2) is 10.1. The number of hydrogen-bond donors (Lipinski definition) is 1. The van der Waals surface area contributed by atoms with E-state index in [1.54, 1.807) is 9.80 Å². The number of nitrogens with zero attached hydrogens (tertiary/aromatic N) is 6. The third-order valence-corrected chi connectivity index (χ3v) is 7.56. The summed E-state index contributed by atoms with van der Waals surface area (Å²) < 4.78 is 44.3. The van der Waals surface area contributed by atoms with Crippen molar-refractivity contribution in [1.82, 2.24) is 25.1 Å². The van der Waals surface area contributed by atoms with E-state index < -0.39 is 11.7 Å². The average Bonchev–Trinajstić information content (AvgIpc) is 3.79. The van der Waals surface area contributed by atoms with Crippen molar-refractivity contribution in [3.63, 3.8) is 0 Å². The lowest BCUT2D eigenvalue weighted by atomic mass is 10.0. The molecule has 1 N–H and O–H groups in total. The molecule has 3 fully saturated rings. The molecule has 2 saturated heterocycles. The molecule has 39 heavy (non-hydrogen) atoms. The van der Waals surface area contributed by atoms with Crippen LogP contribution >= 0.6 is 0 Å². The van der Waals surface area contributed by atoms with Crippen molar-refractivity contribution in [1.29, 1.82) is 0 Å². The van der Waals surface area contributed by atoms with Crippen molar-refractivity contribution in [3.8, 4) is 0 Å². The molecule has 10 nitrogen and oxygen atoms in total. The number of aromatic nitrogens is 4. The number of hydrogen-bond acceptors (Lipinski definition) is 8. The topological polar surface area (TPSA) is 108 Å². The maximum absolute atomic E-state index is 13.1. The van der Waals surface area contributed by atoms with Crippen LogP contribution in [0, 0.1) is 0 Å². The number of amides is 1. The summed E-state index contributed by atoms with van der Waals surface area (Å²) >= 11 is 0. The number of alkyl halides is 3. The highest BCUT2D eigenvalue weighted by Crippen LogP contribution is 2.41. The molecular formula is C26H28F3N7O3. The molecule has 206 valence electrons. The number of piperazine rings is 1. The summed E-state index contributed by atoms with van der Waals surface area (Å²) in [5.41, 5.74) is 0.101. The van der Waals surface area contributed by atoms with Crippen LogP contribution in [-0.2, 0) is 15.7 Å². The zero-order chi connectivity index (χ0) is 27.1. The maximum Gasteiger partial charge on any atom is 0.419 e. The van der Waals surface area contributed by atoms with Crippen LogP contribution in [0.3, 0.4) is 0 Å². The van der Waals surface area contributed by atoms with Crippen LogP contribution in [0.5, 0.6) is 0 Å². The van der Waals surface area contributed by atoms with Crippen LogP contribution in [0.4, 0.5) is 24.9 Å². The Bertz CT molecular complexity index is 1420. The predicted molar refractivity (Wildman–Crippen MR) is 137 cm³/mol. The first-order chi connectivity index (χ1) is 18.8. The molecule has 1 aliphatic carbocycles. The van der Waals surface area contributed by atoms with Gasteiger partial charge in [-0.15, -0.1) is 0 Å². The number of anilines is 2. The number of aromatic amines is 1. The summed E-state index contributed by atoms with van der Waals surface area (Å²) in [5.74, 6) is 1.40. The molecule has 1 amide bonds. The Morgan fingerprint density at radius 3 is 2.46 bits per heavy atom. The Kier molecular flexibility index (Phi) is 6.61. The molecule has 2 aromatic heterocycles. The van der Waals surface area contributed by atoms with Gasteiger partial charge >= 0.3 is 6.18 Å². The second-order valence-electron chi connectivity index (χ2n) is 10.2. The van der Waals surface area contributed by atoms with Gasteiger partial charge in [0.25, 0.3) is 5.56 Å². The predicted octanol–water partition coefficient (Wildman–Crippen LogP) is 2.55. The molecule has 2 aliphatic heterocycles. The lowest BCUT2D eigenvalue weighted by Gasteiger charge is -2.37. The molecule has 0 unspecified atom stereocenters. The number of carbonyl (C=O) groups excluding carboxylic acids is 1. The minimum atomic E-state index is -4.49. The third-order valence-electron chi connectivity index (χ3n) is 7.56. The number of carbonyl (C=O) groups is 1. The van der Waals surface area contributed by atoms with Gasteiger partial charge in [-0.25, -0.2) is 15.1 Å². The van der Waals surface area contributed by atoms with Crippen LogP contribution in [0.15, 0.2) is 35.4 Å². The summed E-state index contributed by atoms with van der Waals surface area (Å²) in [6, 6.07) is 5.95. The maximum atomic E-state index is 13.1. The molecule has 0 bridgehead atoms. The van der Waals surface area contributed by atoms with Gasteiger partial charge in [0.2, 0.25) is 11.9 Å². The van der Waals surface area contributed by atoms with E-state index >= 15 is 0 Å². The molecule has 0 radical (unpaired) electrons. The lowest BCUT2D eigenvalue weighted by molar-refractivity contribution is -0.138. The minimum absolute atomic E-state index is 0.0508. The van der Waals surface area contributed by atoms with Gasteiger partial charge in [0.1, 0.15) is 0 Å². The first-order valence-electron chi connectivity index (χ1n) is 13.1. The van der Waals surface area contributed by atoms with Gasteiger partial charge in [-0.3, -0.25) is 9.59 Å². The number of morpholine rings is 1. The normalized spacial score (nSPS) is 20.5. The van der Waals surface area contributed by atoms with Crippen molar-refractivity contribution in [3.05, 3.63) is 52.1 Å². The van der Waals surface area contributed by atoms with E-state index in [2.05, 4.69) is 31.1 Å². The van der Waals surface area contributed by atoms with Gasteiger partial charge in [0.05, 0.1) is 30.1 Å². The Morgan fingerprint density at radius 2 is 1.77 bits per heavy atom. The number of fused-ring (bicyclic) bond motifs is 1. The van der Waals surface area contributed by atoms with Gasteiger partial charge < -0.3 is 19.4 Å². The van der Waals surface area contributed by atoms with E-state index in [-0.39, 0.29) is 29.9 Å². The fourth-order valence-electron chi connectivity index (χ4n) is 5.23. The molecule has 4 heterocycles. The first-order valence-corrected chi connectivity index (χ1v) is 13.1. The summed E-state index contributed by atoms with van der Waals surface area (Å²) in [6.45, 7) is 3.16. The average molecular weight is 544 g/mol. The highest BCUT2D eigenvalue weighted by atomic mass is 19.4. The van der Waals surface area contributed by atoms with Gasteiger partial charge in [-0.2, -0.15) is 18.3 Å². The van der Waals surface area contributed by atoms with Gasteiger partial charge in [0, 0.05) is 57.0 Å². The molecule has 1 aromatic carbocycles. The zero-order valence-electron chi connectivity index (χ0n) is 21.2. The fourth-order valence-corrected chi connectivity index (χ4v) is 5.23. The van der Waals surface area contributed by atoms with Crippen molar-refractivity contribution < 1.29 is 22.7 Å². The fraction of sp³-hybridized carbons (Fsp3) is 0.500. The minimum Gasteiger partial charge on any atom is -0.374 e. The number of rotatable bonds is 5. The molecule has 1 saturated carbocycles. The number of halogens is 3. The molecule has 1 atom stereocenters. The molecule has 3 aliphatic rings. The highest BCUT2D eigenvalue weighted by Gasteiger charge is 2.33. The van der Waals surface area contributed by atoms with E-state index in [1.807, 2.05) is 12.1 Å². The molecule has 0 spiro atoms. The van der Waals surface area contributed by atoms with Crippen molar-refractivity contribution in [2.45, 2.75) is 37.5 Å². The van der Waals surface area contributed by atoms with Gasteiger partial charge in [-0.05, 0) is 36.5 Å². The number of benzene rings is 1. The summed E-state index contributed by atoms with van der Waals surface area (Å²) in [6.07, 6.45) is -0.755. The van der Waals surface area contributed by atoms with E-state index in [1.165, 1.54) is 5.56 Å². The van der Waals surface area contributed by atoms with E-state index in [4.69, 9.17) is 4.74 Å². The standard InChI is InChI=1S/C26H28F3N7O3/c27-26(28,29)18-13-30-25(31-14-18)35-7-5-34(6-8-35)22(37)12-19-15-36(9-10-39-19)23-21-11-17(16-1-2-16)3-4-20(21)24(38)33-32-23/h3-4,11,13-14,16,19H,1-2,5-10,12,15H2,(H,33,38)/t19-/m0/s1. The number of H-pyrrole nitrogens is 1. The monoisotopic (exact) mass is 543 g/mol. The molecule has 6 rings (SSSR count). The summed E-state index contributed by atoms with van der Waals surface area (Å²) in [5, 5.41) is 8.39. The SMILES string of the molecule is O=C(C[C@H]1CN(c2n[nH]c(=O)c3ccc(C4CC4)cc23)CCO1)N1CCN(c2ncc(C(F)(F)F)cn2)CC1. The van der Waals surface area contributed by atoms with Crippen molar-refractivity contribution >= 4 is 28.4 Å². The summed E-state index contributed by atoms with van der Waals surface area (Å²) in [4.78, 5) is 38.8. The van der Waals surface area contributed by atoms with Crippen LogP contribution < -0.4 is 15.4 Å². The first kappa shape index (κ1) is 25.5. The Labute approximate surface area is 221 Å². The third kappa shape index (κ3) is 5.40. The second-order valence-corrected chi connectivity index (χ2v) is 10.2. The van der Waals surface area contributed by atoms with Crippen molar-refractivity contribution in [2.75, 3.05) is 55.7 Å². The van der Waals surface area contributed by atoms with Gasteiger partial charge in [0.15, 0.2) is 5.82 Å². The highest BCUT2D eigenvalue weighted by molar-refractivity contribution is 5.92. The van der Waals surface area contributed by atoms with Crippen LogP contribution in [0.1, 0.15) is 36.3 Å². The van der Waals surface area contributed by atoms with Crippen LogP contribution in [-0.4, -0.2) is 83.0 Å². The largest absolute Gasteiger partial charge is 0.419 e. The number of nitrogens with one attached hydrogen (secondary N) is 1. The zero-order valence-corrected chi connectivity index (χ0v) is 21.2.